The summed E-state index contributed by atoms with van der Waals surface area (Å²) in [6.45, 7) is 0. The zero-order valence-electron chi connectivity index (χ0n) is 9.40. The lowest BCUT2D eigenvalue weighted by atomic mass is 9.68. The Bertz CT molecular complexity index is 457. The fourth-order valence-electron chi connectivity index (χ4n) is 3.15. The Morgan fingerprint density at radius 3 is 2.59 bits per heavy atom. The Labute approximate surface area is 118 Å². The van der Waals surface area contributed by atoms with Crippen LogP contribution in [0.3, 0.4) is 0 Å². The second kappa shape index (κ2) is 4.51. The molecule has 17 heavy (non-hydrogen) atoms. The highest BCUT2D eigenvalue weighted by atomic mass is 79.9. The maximum Gasteiger partial charge on any atom is 0.166 e. The van der Waals surface area contributed by atoms with E-state index in [1.165, 1.54) is 5.56 Å². The van der Waals surface area contributed by atoms with Crippen LogP contribution < -0.4 is 0 Å². The third-order valence-electron chi connectivity index (χ3n) is 4.07. The van der Waals surface area contributed by atoms with Crippen molar-refractivity contribution < 1.29 is 4.79 Å². The van der Waals surface area contributed by atoms with E-state index in [2.05, 4.69) is 37.9 Å². The third kappa shape index (κ3) is 2.01. The molecule has 2 aliphatic carbocycles. The van der Waals surface area contributed by atoms with Crippen molar-refractivity contribution in [3.63, 3.8) is 0 Å². The van der Waals surface area contributed by atoms with Gasteiger partial charge in [0.2, 0.25) is 0 Å². The van der Waals surface area contributed by atoms with E-state index in [1.54, 1.807) is 0 Å². The number of Topliss-reactive ketones (excluding diaryl/α,β-unsaturated/α-hetero) is 1. The molecule has 0 aliphatic heterocycles. The Hall–Kier alpha value is -0.150. The molecule has 0 heterocycles. The van der Waals surface area contributed by atoms with E-state index < -0.39 is 0 Å². The highest BCUT2D eigenvalue weighted by molar-refractivity contribution is 9.12. The van der Waals surface area contributed by atoms with E-state index in [1.807, 2.05) is 18.2 Å². The second-order valence-corrected chi connectivity index (χ2v) is 7.45. The highest BCUT2D eigenvalue weighted by Crippen LogP contribution is 2.43. The van der Waals surface area contributed by atoms with Gasteiger partial charge in [-0.2, -0.15) is 0 Å². The van der Waals surface area contributed by atoms with E-state index in [-0.39, 0.29) is 5.92 Å². The minimum atomic E-state index is 0.225. The molecule has 90 valence electrons. The highest BCUT2D eigenvalue weighted by Gasteiger charge is 2.42. The molecule has 4 atom stereocenters. The Morgan fingerprint density at radius 1 is 1.06 bits per heavy atom. The molecule has 0 unspecified atom stereocenters. The van der Waals surface area contributed by atoms with Gasteiger partial charge in [0.05, 0.1) is 0 Å². The largest absolute Gasteiger partial charge is 0.294 e. The monoisotopic (exact) mass is 356 g/mol. The molecule has 0 saturated heterocycles. The molecule has 0 bridgehead atoms. The number of fused-ring (bicyclic) bond motifs is 2. The van der Waals surface area contributed by atoms with Gasteiger partial charge in [0.15, 0.2) is 5.78 Å². The molecule has 3 rings (SSSR count). The summed E-state index contributed by atoms with van der Waals surface area (Å²) in [5.74, 6) is 1.11. The number of halogens is 2. The summed E-state index contributed by atoms with van der Waals surface area (Å²) in [5.41, 5.74) is 2.20. The third-order valence-corrected chi connectivity index (χ3v) is 6.80. The number of rotatable bonds is 0. The first-order valence-electron chi connectivity index (χ1n) is 6.07. The van der Waals surface area contributed by atoms with Gasteiger partial charge >= 0.3 is 0 Å². The first-order valence-corrected chi connectivity index (χ1v) is 7.90. The first-order chi connectivity index (χ1) is 8.16. The van der Waals surface area contributed by atoms with Crippen LogP contribution in [0.4, 0.5) is 0 Å². The smallest absolute Gasteiger partial charge is 0.166 e. The van der Waals surface area contributed by atoms with E-state index in [0.29, 0.717) is 21.4 Å². The molecule has 0 N–H and O–H groups in total. The van der Waals surface area contributed by atoms with Crippen molar-refractivity contribution in [1.29, 1.82) is 0 Å². The molecule has 0 aromatic heterocycles. The standard InChI is InChI=1S/C14H14Br2O/c15-12-6-9-5-8-3-1-2-4-10(8)14(17)11(9)7-13(12)16/h1-4,9,11-13H,5-7H2/t9-,11-,12-,13+/m0/s1. The molecule has 1 fully saturated rings. The van der Waals surface area contributed by atoms with Crippen LogP contribution in [0.1, 0.15) is 28.8 Å². The molecular formula is C14H14Br2O. The zero-order valence-corrected chi connectivity index (χ0v) is 12.6. The van der Waals surface area contributed by atoms with Gasteiger partial charge in [-0.3, -0.25) is 4.79 Å². The van der Waals surface area contributed by atoms with Crippen LogP contribution in [0.2, 0.25) is 0 Å². The van der Waals surface area contributed by atoms with Gasteiger partial charge < -0.3 is 0 Å². The van der Waals surface area contributed by atoms with E-state index in [9.17, 15) is 4.79 Å². The van der Waals surface area contributed by atoms with Crippen LogP contribution >= 0.6 is 31.9 Å². The number of ketones is 1. The zero-order chi connectivity index (χ0) is 12.0. The van der Waals surface area contributed by atoms with Gasteiger partial charge in [-0.05, 0) is 30.7 Å². The number of benzene rings is 1. The predicted molar refractivity (Wildman–Crippen MR) is 76.1 cm³/mol. The van der Waals surface area contributed by atoms with Crippen molar-refractivity contribution in [2.75, 3.05) is 0 Å². The Morgan fingerprint density at radius 2 is 1.76 bits per heavy atom. The molecule has 1 saturated carbocycles. The summed E-state index contributed by atoms with van der Waals surface area (Å²) in [6, 6.07) is 8.09. The van der Waals surface area contributed by atoms with Gasteiger partial charge in [-0.25, -0.2) is 0 Å². The van der Waals surface area contributed by atoms with Crippen LogP contribution in [0.25, 0.3) is 0 Å². The average Bonchev–Trinajstić information content (AvgIpc) is 2.32. The minimum Gasteiger partial charge on any atom is -0.294 e. The van der Waals surface area contributed by atoms with Crippen molar-refractivity contribution in [1.82, 2.24) is 0 Å². The molecule has 1 aromatic carbocycles. The SMILES string of the molecule is O=C1c2ccccc2C[C@H]2C[C@H](Br)[C@H](Br)C[C@H]12. The van der Waals surface area contributed by atoms with Crippen molar-refractivity contribution in [2.24, 2.45) is 11.8 Å². The summed E-state index contributed by atoms with van der Waals surface area (Å²) in [7, 11) is 0. The molecule has 1 aromatic rings. The molecule has 1 nitrogen and oxygen atoms in total. The lowest BCUT2D eigenvalue weighted by Crippen LogP contribution is -2.41. The fraction of sp³-hybridized carbons (Fsp3) is 0.500. The molecular weight excluding hydrogens is 344 g/mol. The van der Waals surface area contributed by atoms with Crippen LogP contribution in [0.15, 0.2) is 24.3 Å². The van der Waals surface area contributed by atoms with Crippen LogP contribution in [0, 0.1) is 11.8 Å². The topological polar surface area (TPSA) is 17.1 Å². The first kappa shape index (κ1) is 11.9. The Balaban J connectivity index is 1.97. The summed E-state index contributed by atoms with van der Waals surface area (Å²) in [4.78, 5) is 13.4. The van der Waals surface area contributed by atoms with Gasteiger partial charge in [0.1, 0.15) is 0 Å². The summed E-state index contributed by atoms with van der Waals surface area (Å²) < 4.78 is 0. The van der Waals surface area contributed by atoms with Crippen molar-refractivity contribution in [3.8, 4) is 0 Å². The summed E-state index contributed by atoms with van der Waals surface area (Å²) >= 11 is 7.40. The van der Waals surface area contributed by atoms with Crippen molar-refractivity contribution >= 4 is 37.6 Å². The van der Waals surface area contributed by atoms with Crippen LogP contribution in [-0.2, 0) is 6.42 Å². The molecule has 0 radical (unpaired) electrons. The number of hydrogen-bond acceptors (Lipinski definition) is 1. The summed E-state index contributed by atoms with van der Waals surface area (Å²) in [5, 5.41) is 0. The second-order valence-electron chi connectivity index (χ2n) is 5.10. The molecule has 2 aliphatic rings. The maximum atomic E-state index is 12.5. The van der Waals surface area contributed by atoms with E-state index in [4.69, 9.17) is 0 Å². The number of carbonyl (C=O) groups is 1. The minimum absolute atomic E-state index is 0.225. The quantitative estimate of drug-likeness (QED) is 0.642. The molecule has 0 amide bonds. The van der Waals surface area contributed by atoms with Crippen LogP contribution in [-0.4, -0.2) is 15.4 Å². The van der Waals surface area contributed by atoms with Gasteiger partial charge in [-0.15, -0.1) is 0 Å². The van der Waals surface area contributed by atoms with E-state index >= 15 is 0 Å². The van der Waals surface area contributed by atoms with E-state index in [0.717, 1.165) is 24.8 Å². The van der Waals surface area contributed by atoms with Crippen molar-refractivity contribution in [2.45, 2.75) is 28.9 Å². The number of alkyl halides is 2. The maximum absolute atomic E-state index is 12.5. The fourth-order valence-corrected chi connectivity index (χ4v) is 4.47. The van der Waals surface area contributed by atoms with Gasteiger partial charge in [0, 0.05) is 21.1 Å². The van der Waals surface area contributed by atoms with Crippen LogP contribution in [0.5, 0.6) is 0 Å². The predicted octanol–water partition coefficient (Wildman–Crippen LogP) is 3.98. The average molecular weight is 358 g/mol. The number of hydrogen-bond donors (Lipinski definition) is 0. The van der Waals surface area contributed by atoms with Gasteiger partial charge in [-0.1, -0.05) is 56.1 Å². The summed E-state index contributed by atoms with van der Waals surface area (Å²) in [6.07, 6.45) is 3.13. The molecule has 3 heteroatoms. The Kier molecular flexibility index (Phi) is 3.16. The lowest BCUT2D eigenvalue weighted by molar-refractivity contribution is 0.0810. The molecule has 0 spiro atoms. The number of carbonyl (C=O) groups excluding carboxylic acids is 1. The van der Waals surface area contributed by atoms with Gasteiger partial charge in [0.25, 0.3) is 0 Å². The normalized spacial score (nSPS) is 36.2. The lowest BCUT2D eigenvalue weighted by Gasteiger charge is -2.39. The van der Waals surface area contributed by atoms with Crippen molar-refractivity contribution in [3.05, 3.63) is 35.4 Å².